The third-order valence-electron chi connectivity index (χ3n) is 2.62. The lowest BCUT2D eigenvalue weighted by Gasteiger charge is -2.29. The molecule has 5 nitrogen and oxygen atoms in total. The van der Waals surface area contributed by atoms with Crippen molar-refractivity contribution in [3.63, 3.8) is 0 Å². The predicted octanol–water partition coefficient (Wildman–Crippen LogP) is -0.302. The smallest absolute Gasteiger partial charge is 0.220 e. The van der Waals surface area contributed by atoms with E-state index < -0.39 is 0 Å². The molecule has 0 bridgehead atoms. The number of hydrogen-bond donors (Lipinski definition) is 2. The van der Waals surface area contributed by atoms with E-state index in [1.807, 2.05) is 11.6 Å². The summed E-state index contributed by atoms with van der Waals surface area (Å²) in [6.07, 6.45) is 4.72. The van der Waals surface area contributed by atoms with Crippen molar-refractivity contribution in [1.29, 1.82) is 0 Å². The van der Waals surface area contributed by atoms with Crippen LogP contribution in [-0.4, -0.2) is 21.5 Å². The molecule has 14 heavy (non-hydrogen) atoms. The van der Waals surface area contributed by atoms with Crippen molar-refractivity contribution in [2.24, 2.45) is 12.8 Å². The van der Waals surface area contributed by atoms with E-state index in [9.17, 15) is 4.79 Å². The van der Waals surface area contributed by atoms with Gasteiger partial charge in [-0.15, -0.1) is 0 Å². The van der Waals surface area contributed by atoms with Crippen LogP contribution < -0.4 is 11.1 Å². The molecule has 1 aromatic heterocycles. The van der Waals surface area contributed by atoms with Crippen LogP contribution in [0.4, 0.5) is 0 Å². The van der Waals surface area contributed by atoms with E-state index in [1.54, 1.807) is 12.5 Å². The minimum absolute atomic E-state index is 0.0110. The van der Waals surface area contributed by atoms with E-state index in [0.717, 1.165) is 12.1 Å². The van der Waals surface area contributed by atoms with Crippen LogP contribution in [0.3, 0.4) is 0 Å². The van der Waals surface area contributed by atoms with Gasteiger partial charge >= 0.3 is 0 Å². The molecule has 0 spiro atoms. The SMILES string of the molecule is Cn1cncc1[C@H]1NC(=O)CC[C@@H]1N. The Labute approximate surface area is 82.3 Å². The summed E-state index contributed by atoms with van der Waals surface area (Å²) in [6, 6.07) is -0.105. The highest BCUT2D eigenvalue weighted by Crippen LogP contribution is 2.21. The molecule has 0 radical (unpaired) electrons. The maximum atomic E-state index is 11.2. The molecule has 76 valence electrons. The van der Waals surface area contributed by atoms with Gasteiger partial charge in [-0.3, -0.25) is 4.79 Å². The summed E-state index contributed by atoms with van der Waals surface area (Å²) >= 11 is 0. The highest BCUT2D eigenvalue weighted by molar-refractivity contribution is 5.77. The van der Waals surface area contributed by atoms with Gasteiger partial charge in [-0.2, -0.15) is 0 Å². The number of aryl methyl sites for hydroxylation is 1. The molecule has 1 aromatic rings. The summed E-state index contributed by atoms with van der Waals surface area (Å²) < 4.78 is 1.89. The molecule has 1 aliphatic rings. The average molecular weight is 194 g/mol. The molecule has 0 saturated carbocycles. The maximum Gasteiger partial charge on any atom is 0.220 e. The quantitative estimate of drug-likeness (QED) is 0.644. The Morgan fingerprint density at radius 3 is 3.14 bits per heavy atom. The van der Waals surface area contributed by atoms with E-state index >= 15 is 0 Å². The van der Waals surface area contributed by atoms with Gasteiger partial charge in [-0.1, -0.05) is 0 Å². The number of imidazole rings is 1. The molecule has 1 aliphatic heterocycles. The molecule has 2 rings (SSSR count). The van der Waals surface area contributed by atoms with Crippen molar-refractivity contribution in [2.45, 2.75) is 24.9 Å². The Balaban J connectivity index is 2.24. The lowest BCUT2D eigenvalue weighted by molar-refractivity contribution is -0.123. The van der Waals surface area contributed by atoms with Crippen LogP contribution in [-0.2, 0) is 11.8 Å². The van der Waals surface area contributed by atoms with Crippen molar-refractivity contribution in [1.82, 2.24) is 14.9 Å². The van der Waals surface area contributed by atoms with E-state index in [1.165, 1.54) is 0 Å². The molecule has 5 heteroatoms. The molecule has 0 unspecified atom stereocenters. The number of piperidine rings is 1. The first-order valence-electron chi connectivity index (χ1n) is 4.69. The normalized spacial score (nSPS) is 27.4. The van der Waals surface area contributed by atoms with Crippen LogP contribution in [0.2, 0.25) is 0 Å². The molecule has 1 fully saturated rings. The number of nitrogens with one attached hydrogen (secondary N) is 1. The summed E-state index contributed by atoms with van der Waals surface area (Å²) in [6.45, 7) is 0. The Morgan fingerprint density at radius 1 is 1.71 bits per heavy atom. The minimum atomic E-state index is -0.0938. The van der Waals surface area contributed by atoms with Gasteiger partial charge in [0.1, 0.15) is 0 Å². The van der Waals surface area contributed by atoms with Gasteiger partial charge in [0.05, 0.1) is 24.3 Å². The first kappa shape index (κ1) is 9.21. The standard InChI is InChI=1S/C9H14N4O/c1-13-5-11-4-7(13)9-6(10)2-3-8(14)12-9/h4-6,9H,2-3,10H2,1H3,(H,12,14)/t6-,9-/m0/s1. The minimum Gasteiger partial charge on any atom is -0.346 e. The van der Waals surface area contributed by atoms with Crippen LogP contribution in [0, 0.1) is 0 Å². The fraction of sp³-hybridized carbons (Fsp3) is 0.556. The lowest BCUT2D eigenvalue weighted by atomic mass is 9.96. The van der Waals surface area contributed by atoms with Gasteiger partial charge in [0.2, 0.25) is 5.91 Å². The van der Waals surface area contributed by atoms with Crippen LogP contribution >= 0.6 is 0 Å². The van der Waals surface area contributed by atoms with Crippen LogP contribution in [0.25, 0.3) is 0 Å². The highest BCUT2D eigenvalue weighted by atomic mass is 16.1. The monoisotopic (exact) mass is 194 g/mol. The molecule has 1 saturated heterocycles. The second kappa shape index (κ2) is 3.42. The Hall–Kier alpha value is -1.36. The number of nitrogens with zero attached hydrogens (tertiary/aromatic N) is 2. The van der Waals surface area contributed by atoms with E-state index in [4.69, 9.17) is 5.73 Å². The number of nitrogens with two attached hydrogens (primary N) is 1. The van der Waals surface area contributed by atoms with Gasteiger partial charge in [0.15, 0.2) is 0 Å². The third kappa shape index (κ3) is 1.50. The molecule has 0 aromatic carbocycles. The first-order chi connectivity index (χ1) is 6.68. The first-order valence-corrected chi connectivity index (χ1v) is 4.69. The molecule has 0 aliphatic carbocycles. The zero-order valence-electron chi connectivity index (χ0n) is 8.10. The van der Waals surface area contributed by atoms with Crippen molar-refractivity contribution in [3.05, 3.63) is 18.2 Å². The van der Waals surface area contributed by atoms with Crippen molar-refractivity contribution in [2.75, 3.05) is 0 Å². The summed E-state index contributed by atoms with van der Waals surface area (Å²) in [7, 11) is 1.90. The summed E-state index contributed by atoms with van der Waals surface area (Å²) in [5.74, 6) is 0.0675. The second-order valence-corrected chi connectivity index (χ2v) is 3.68. The van der Waals surface area contributed by atoms with Crippen molar-refractivity contribution in [3.8, 4) is 0 Å². The maximum absolute atomic E-state index is 11.2. The predicted molar refractivity (Wildman–Crippen MR) is 51.3 cm³/mol. The van der Waals surface area contributed by atoms with E-state index in [-0.39, 0.29) is 18.0 Å². The zero-order valence-corrected chi connectivity index (χ0v) is 8.10. The molecule has 2 heterocycles. The fourth-order valence-corrected chi connectivity index (χ4v) is 1.78. The number of carbonyl (C=O) groups is 1. The van der Waals surface area contributed by atoms with Crippen LogP contribution in [0.1, 0.15) is 24.6 Å². The largest absolute Gasteiger partial charge is 0.346 e. The highest BCUT2D eigenvalue weighted by Gasteiger charge is 2.28. The molecular formula is C9H14N4O. The number of hydrogen-bond acceptors (Lipinski definition) is 3. The number of aromatic nitrogens is 2. The van der Waals surface area contributed by atoms with Crippen LogP contribution in [0.5, 0.6) is 0 Å². The van der Waals surface area contributed by atoms with Gasteiger partial charge in [-0.05, 0) is 6.42 Å². The molecule has 3 N–H and O–H groups in total. The second-order valence-electron chi connectivity index (χ2n) is 3.68. The van der Waals surface area contributed by atoms with Crippen LogP contribution in [0.15, 0.2) is 12.5 Å². The van der Waals surface area contributed by atoms with Crippen molar-refractivity contribution < 1.29 is 4.79 Å². The van der Waals surface area contributed by atoms with Gasteiger partial charge < -0.3 is 15.6 Å². The zero-order chi connectivity index (χ0) is 10.1. The summed E-state index contributed by atoms with van der Waals surface area (Å²) in [5.41, 5.74) is 6.91. The topological polar surface area (TPSA) is 72.9 Å². The Kier molecular flexibility index (Phi) is 2.25. The molecular weight excluding hydrogens is 180 g/mol. The Bertz CT molecular complexity index is 346. The average Bonchev–Trinajstić information content (AvgIpc) is 2.56. The summed E-state index contributed by atoms with van der Waals surface area (Å²) in [4.78, 5) is 15.2. The number of carbonyl (C=O) groups excluding carboxylic acids is 1. The fourth-order valence-electron chi connectivity index (χ4n) is 1.78. The van der Waals surface area contributed by atoms with Crippen molar-refractivity contribution >= 4 is 5.91 Å². The van der Waals surface area contributed by atoms with Gasteiger partial charge in [0, 0.05) is 19.5 Å². The molecule has 2 atom stereocenters. The third-order valence-corrected chi connectivity index (χ3v) is 2.62. The Morgan fingerprint density at radius 2 is 2.50 bits per heavy atom. The lowest BCUT2D eigenvalue weighted by Crippen LogP contribution is -2.46. The summed E-state index contributed by atoms with van der Waals surface area (Å²) in [5, 5.41) is 2.88. The van der Waals surface area contributed by atoms with Gasteiger partial charge in [0.25, 0.3) is 0 Å². The number of rotatable bonds is 1. The van der Waals surface area contributed by atoms with E-state index in [0.29, 0.717) is 6.42 Å². The number of amides is 1. The van der Waals surface area contributed by atoms with Gasteiger partial charge in [-0.25, -0.2) is 4.98 Å². The molecule has 1 amide bonds. The van der Waals surface area contributed by atoms with E-state index in [2.05, 4.69) is 10.3 Å².